The average Bonchev–Trinajstić information content (AvgIpc) is 3.15. The highest BCUT2D eigenvalue weighted by Crippen LogP contribution is 2.41. The summed E-state index contributed by atoms with van der Waals surface area (Å²) >= 11 is 0. The van der Waals surface area contributed by atoms with Gasteiger partial charge in [-0.15, -0.1) is 0 Å². The summed E-state index contributed by atoms with van der Waals surface area (Å²) < 4.78 is 14.6. The molecule has 124 valence electrons. The van der Waals surface area contributed by atoms with Gasteiger partial charge in [0.1, 0.15) is 0 Å². The Morgan fingerprint density at radius 3 is 2.30 bits per heavy atom. The summed E-state index contributed by atoms with van der Waals surface area (Å²) in [6, 6.07) is 8.65. The largest absolute Gasteiger partial charge is 0.340 e. The van der Waals surface area contributed by atoms with E-state index >= 15 is 0 Å². The zero-order valence-corrected chi connectivity index (χ0v) is 14.4. The molecule has 4 heteroatoms. The van der Waals surface area contributed by atoms with Crippen molar-refractivity contribution in [3.05, 3.63) is 54.1 Å². The monoisotopic (exact) mass is 314 g/mol. The molecule has 0 spiro atoms. The molecule has 1 aromatic carbocycles. The Morgan fingerprint density at radius 2 is 1.78 bits per heavy atom. The van der Waals surface area contributed by atoms with Gasteiger partial charge in [0.15, 0.2) is 5.79 Å². The van der Waals surface area contributed by atoms with Crippen molar-refractivity contribution in [3.8, 4) is 0 Å². The van der Waals surface area contributed by atoms with Crippen molar-refractivity contribution >= 4 is 0 Å². The summed E-state index contributed by atoms with van der Waals surface area (Å²) in [5.41, 5.74) is 2.43. The number of hydrogen-bond acceptors (Lipinski definition) is 3. The van der Waals surface area contributed by atoms with Crippen LogP contribution in [0.3, 0.4) is 0 Å². The second-order valence-corrected chi connectivity index (χ2v) is 6.73. The summed E-state index contributed by atoms with van der Waals surface area (Å²) in [7, 11) is 0. The van der Waals surface area contributed by atoms with Gasteiger partial charge < -0.3 is 14.0 Å². The minimum absolute atomic E-state index is 0.0857. The summed E-state index contributed by atoms with van der Waals surface area (Å²) in [5.74, 6) is -0.146. The molecule has 2 unspecified atom stereocenters. The van der Waals surface area contributed by atoms with Gasteiger partial charge in [-0.3, -0.25) is 0 Å². The van der Waals surface area contributed by atoms with Gasteiger partial charge in [0.05, 0.1) is 18.5 Å². The highest BCUT2D eigenvalue weighted by molar-refractivity contribution is 5.28. The highest BCUT2D eigenvalue weighted by Gasteiger charge is 2.45. The zero-order chi connectivity index (χ0) is 16.4. The summed E-state index contributed by atoms with van der Waals surface area (Å²) in [6.07, 6.45) is 6.53. The standard InChI is InChI=1S/C19H26N2O2/c1-14(2)17-5-7-18(8-6-17)19(22-15(3)16(4)23-19)9-11-21-12-10-20-13-21/h5-8,10,12-16H,9,11H2,1-4H3. The Kier molecular flexibility index (Phi) is 4.55. The van der Waals surface area contributed by atoms with Crippen LogP contribution in [0.2, 0.25) is 0 Å². The number of aromatic nitrogens is 2. The average molecular weight is 314 g/mol. The van der Waals surface area contributed by atoms with Gasteiger partial charge in [-0.05, 0) is 25.3 Å². The van der Waals surface area contributed by atoms with E-state index in [1.54, 1.807) is 6.20 Å². The van der Waals surface area contributed by atoms with Gasteiger partial charge in [-0.1, -0.05) is 38.1 Å². The fraction of sp³-hybridized carbons (Fsp3) is 0.526. The maximum absolute atomic E-state index is 6.29. The SMILES string of the molecule is CC(C)c1ccc(C2(CCn3ccnc3)OC(C)C(C)O2)cc1. The fourth-order valence-electron chi connectivity index (χ4n) is 3.04. The lowest BCUT2D eigenvalue weighted by atomic mass is 9.97. The molecule has 0 saturated carbocycles. The lowest BCUT2D eigenvalue weighted by Gasteiger charge is -2.29. The number of benzene rings is 1. The van der Waals surface area contributed by atoms with Crippen LogP contribution in [-0.4, -0.2) is 21.8 Å². The van der Waals surface area contributed by atoms with E-state index in [9.17, 15) is 0 Å². The minimum Gasteiger partial charge on any atom is -0.340 e. The number of nitrogens with zero attached hydrogens (tertiary/aromatic N) is 2. The molecule has 2 aromatic rings. The van der Waals surface area contributed by atoms with Crippen molar-refractivity contribution in [1.82, 2.24) is 9.55 Å². The first-order chi connectivity index (χ1) is 11.0. The van der Waals surface area contributed by atoms with Crippen molar-refractivity contribution in [1.29, 1.82) is 0 Å². The molecular weight excluding hydrogens is 288 g/mol. The van der Waals surface area contributed by atoms with Gasteiger partial charge in [0.2, 0.25) is 0 Å². The van der Waals surface area contributed by atoms with Crippen molar-refractivity contribution in [2.45, 2.75) is 64.6 Å². The third-order valence-corrected chi connectivity index (χ3v) is 4.69. The molecular formula is C19H26N2O2. The first-order valence-corrected chi connectivity index (χ1v) is 8.42. The summed E-state index contributed by atoms with van der Waals surface area (Å²) in [6.45, 7) is 9.37. The number of rotatable bonds is 5. The predicted octanol–water partition coefficient (Wildman–Crippen LogP) is 4.07. The molecule has 2 atom stereocenters. The fourth-order valence-corrected chi connectivity index (χ4v) is 3.04. The van der Waals surface area contributed by atoms with Crippen LogP contribution < -0.4 is 0 Å². The smallest absolute Gasteiger partial charge is 0.197 e. The van der Waals surface area contributed by atoms with Crippen LogP contribution in [0.15, 0.2) is 43.0 Å². The first kappa shape index (κ1) is 16.2. The maximum Gasteiger partial charge on any atom is 0.197 e. The van der Waals surface area contributed by atoms with E-state index in [0.717, 1.165) is 18.5 Å². The van der Waals surface area contributed by atoms with Gasteiger partial charge in [-0.25, -0.2) is 4.98 Å². The van der Waals surface area contributed by atoms with Crippen LogP contribution in [0.5, 0.6) is 0 Å². The molecule has 4 nitrogen and oxygen atoms in total. The molecule has 2 heterocycles. The van der Waals surface area contributed by atoms with E-state index in [4.69, 9.17) is 9.47 Å². The molecule has 1 aliphatic heterocycles. The zero-order valence-electron chi connectivity index (χ0n) is 14.4. The molecule has 1 fully saturated rings. The topological polar surface area (TPSA) is 36.3 Å². The molecule has 0 amide bonds. The van der Waals surface area contributed by atoms with E-state index in [1.807, 2.05) is 12.5 Å². The number of ether oxygens (including phenoxy) is 2. The Balaban J connectivity index is 1.85. The minimum atomic E-state index is -0.668. The van der Waals surface area contributed by atoms with E-state index in [1.165, 1.54) is 5.56 Å². The molecule has 1 aliphatic rings. The van der Waals surface area contributed by atoms with Gasteiger partial charge in [0, 0.05) is 30.9 Å². The Morgan fingerprint density at radius 1 is 1.13 bits per heavy atom. The quantitative estimate of drug-likeness (QED) is 0.834. The van der Waals surface area contributed by atoms with Crippen LogP contribution in [0.4, 0.5) is 0 Å². The number of hydrogen-bond donors (Lipinski definition) is 0. The van der Waals surface area contributed by atoms with Crippen LogP contribution in [0.25, 0.3) is 0 Å². The molecule has 0 N–H and O–H groups in total. The molecule has 23 heavy (non-hydrogen) atoms. The van der Waals surface area contributed by atoms with Crippen molar-refractivity contribution < 1.29 is 9.47 Å². The molecule has 1 saturated heterocycles. The lowest BCUT2D eigenvalue weighted by Crippen LogP contribution is -2.29. The van der Waals surface area contributed by atoms with Gasteiger partial charge >= 0.3 is 0 Å². The van der Waals surface area contributed by atoms with Crippen LogP contribution >= 0.6 is 0 Å². The lowest BCUT2D eigenvalue weighted by molar-refractivity contribution is -0.188. The molecule has 3 rings (SSSR count). The number of aryl methyl sites for hydroxylation is 1. The maximum atomic E-state index is 6.29. The number of imidazole rings is 1. The Hall–Kier alpha value is -1.65. The predicted molar refractivity (Wildman–Crippen MR) is 90.1 cm³/mol. The Bertz CT molecular complexity index is 609. The van der Waals surface area contributed by atoms with Gasteiger partial charge in [-0.2, -0.15) is 0 Å². The summed E-state index contributed by atoms with van der Waals surface area (Å²) in [4.78, 5) is 4.11. The molecule has 0 radical (unpaired) electrons. The third kappa shape index (κ3) is 3.33. The van der Waals surface area contributed by atoms with E-state index < -0.39 is 5.79 Å². The molecule has 1 aromatic heterocycles. The molecule has 0 bridgehead atoms. The van der Waals surface area contributed by atoms with Crippen molar-refractivity contribution in [2.75, 3.05) is 0 Å². The van der Waals surface area contributed by atoms with Crippen molar-refractivity contribution in [3.63, 3.8) is 0 Å². The third-order valence-electron chi connectivity index (χ3n) is 4.69. The normalized spacial score (nSPS) is 27.7. The van der Waals surface area contributed by atoms with Crippen LogP contribution in [0.1, 0.15) is 51.2 Å². The second kappa shape index (κ2) is 6.46. The van der Waals surface area contributed by atoms with Crippen LogP contribution in [0, 0.1) is 0 Å². The van der Waals surface area contributed by atoms with Crippen LogP contribution in [-0.2, 0) is 21.8 Å². The van der Waals surface area contributed by atoms with Gasteiger partial charge in [0.25, 0.3) is 0 Å². The Labute approximate surface area is 138 Å². The first-order valence-electron chi connectivity index (χ1n) is 8.42. The van der Waals surface area contributed by atoms with E-state index in [0.29, 0.717) is 5.92 Å². The summed E-state index contributed by atoms with van der Waals surface area (Å²) in [5, 5.41) is 0. The van der Waals surface area contributed by atoms with Crippen molar-refractivity contribution in [2.24, 2.45) is 0 Å². The molecule has 0 aliphatic carbocycles. The second-order valence-electron chi connectivity index (χ2n) is 6.73. The van der Waals surface area contributed by atoms with E-state index in [2.05, 4.69) is 61.5 Å². The van der Waals surface area contributed by atoms with E-state index in [-0.39, 0.29) is 12.2 Å². The highest BCUT2D eigenvalue weighted by atomic mass is 16.8.